The van der Waals surface area contributed by atoms with E-state index >= 15 is 0 Å². The van der Waals surface area contributed by atoms with E-state index in [-0.39, 0.29) is 89.5 Å². The summed E-state index contributed by atoms with van der Waals surface area (Å²) in [5.74, 6) is 12.4. The molecule has 0 amide bonds. The zero-order valence-electron chi connectivity index (χ0n) is 64.7. The van der Waals surface area contributed by atoms with Crippen molar-refractivity contribution in [2.24, 2.45) is 0 Å². The minimum Gasteiger partial charge on any atom is -0.366 e. The molecule has 0 heterocycles. The minimum absolute atomic E-state index is 0. The topological polar surface area (TPSA) is 0 Å². The monoisotopic (exact) mass is 2320 g/mol. The fraction of sp³-hybridized carbons (Fsp3) is 0.0545. The molecule has 16 aromatic carbocycles. The van der Waals surface area contributed by atoms with Crippen LogP contribution >= 0.6 is 31.7 Å². The van der Waals surface area contributed by atoms with Crippen LogP contribution in [0.1, 0.15) is 66.8 Å². The SMILES string of the molecule is [Au+].[Au+].[Au+].[Au+].[C-]#Cc1ccc2c(c1)-c1ccccc1C2.[C-]#Cc1ccc2c(c1)Cc1ccccc1-2.[C-]#Cc1cccc2c1-c1ccccc1C2.[C-]#Cc1cccc2c1-c1ccccc1C2.c1ccc([PH+](C[PH+](c2ccccc2)c2ccccc2)c2ccccc2)cc1.c1ccc([PH+](C[PH+](c2ccccc2)c2ccccc2)c2ccccc2)cc1. The molecule has 0 aliphatic heterocycles. The van der Waals surface area contributed by atoms with Crippen LogP contribution in [-0.2, 0) is 115 Å². The first-order valence-corrected chi connectivity index (χ1v) is 45.6. The smallest absolute Gasteiger partial charge is 0.366 e. The molecule has 8 heteroatoms. The van der Waals surface area contributed by atoms with Crippen molar-refractivity contribution >= 4 is 74.1 Å². The van der Waals surface area contributed by atoms with Gasteiger partial charge >= 0.3 is 89.5 Å². The molecule has 0 N–H and O–H groups in total. The van der Waals surface area contributed by atoms with Crippen molar-refractivity contribution in [1.29, 1.82) is 0 Å². The first kappa shape index (κ1) is 89.2. The summed E-state index contributed by atoms with van der Waals surface area (Å²) in [5.41, 5.74) is 24.4. The fourth-order valence-electron chi connectivity index (χ4n) is 16.0. The van der Waals surface area contributed by atoms with Crippen LogP contribution in [0.15, 0.2) is 413 Å². The Labute approximate surface area is 766 Å². The number of benzene rings is 16. The van der Waals surface area contributed by atoms with Crippen molar-refractivity contribution in [3.8, 4) is 68.2 Å². The maximum Gasteiger partial charge on any atom is 1.00 e. The summed E-state index contributed by atoms with van der Waals surface area (Å²) in [6.45, 7) is 0. The third-order valence-electron chi connectivity index (χ3n) is 21.5. The number of hydrogen-bond acceptors (Lipinski definition) is 0. The van der Waals surface area contributed by atoms with Gasteiger partial charge in [-0.3, -0.25) is 23.7 Å². The van der Waals surface area contributed by atoms with E-state index in [1.54, 1.807) is 0 Å². The summed E-state index contributed by atoms with van der Waals surface area (Å²) in [6.07, 6.45) is 32.8. The van der Waals surface area contributed by atoms with E-state index in [0.717, 1.165) is 47.9 Å². The minimum atomic E-state index is -0.847. The Bertz CT molecular complexity index is 5530. The molecule has 16 aromatic rings. The molecule has 0 bridgehead atoms. The predicted molar refractivity (Wildman–Crippen MR) is 495 cm³/mol. The number of fused-ring (bicyclic) bond motifs is 12. The third-order valence-corrected chi connectivity index (χ3v) is 35.4. The standard InChI is InChI=1S/2C25H22P2.4C15H9.4Au/c2*1-5-13-22(14-6-1)26(23-15-7-2-8-16-23)21-27(24-17-9-3-10-18-24)25-19-11-4-12-20-25;2*1-2-11-7-5-8-13-10-12-6-3-4-9-14(12)15(11)13;1-2-11-7-8-15-13(9-11)10-12-5-3-4-6-14(12)15;1-2-11-7-8-13-10-12-5-3-4-6-14(12)15(13)9-11;;;;/h2*1-20H,21H2;4*3-9H,10H2;;;;/q;;4*-1;4*+1/p+4. The second kappa shape index (κ2) is 45.0. The second-order valence-electron chi connectivity index (χ2n) is 28.5. The summed E-state index contributed by atoms with van der Waals surface area (Å²) in [7, 11) is -3.39. The normalized spacial score (nSPS) is 11.0. The van der Waals surface area contributed by atoms with Crippen molar-refractivity contribution < 1.29 is 89.5 Å². The van der Waals surface area contributed by atoms with Crippen molar-refractivity contribution in [2.45, 2.75) is 25.7 Å². The van der Waals surface area contributed by atoms with Gasteiger partial charge in [0, 0.05) is 0 Å². The molecule has 118 heavy (non-hydrogen) atoms. The Morgan fingerprint density at radius 3 is 0.729 bits per heavy atom. The molecule has 0 spiro atoms. The van der Waals surface area contributed by atoms with Crippen molar-refractivity contribution in [1.82, 2.24) is 0 Å². The van der Waals surface area contributed by atoms with E-state index in [9.17, 15) is 0 Å². The Morgan fingerprint density at radius 1 is 0.186 bits per heavy atom. The van der Waals surface area contributed by atoms with Crippen LogP contribution in [0, 0.1) is 49.4 Å². The molecule has 0 radical (unpaired) electrons. The van der Waals surface area contributed by atoms with E-state index in [1.807, 2.05) is 42.5 Å². The van der Waals surface area contributed by atoms with Crippen LogP contribution in [0.4, 0.5) is 0 Å². The van der Waals surface area contributed by atoms with E-state index in [0.29, 0.717) is 0 Å². The largest absolute Gasteiger partial charge is 1.00 e. The quantitative estimate of drug-likeness (QED) is 0.0495. The molecular weight excluding hydrogens is 2230 g/mol. The predicted octanol–water partition coefficient (Wildman–Crippen LogP) is 22.1. The number of hydrogen-bond donors (Lipinski definition) is 0. The van der Waals surface area contributed by atoms with Gasteiger partial charge in [-0.25, -0.2) is 0 Å². The molecule has 0 saturated heterocycles. The van der Waals surface area contributed by atoms with E-state index in [4.69, 9.17) is 25.7 Å². The zero-order chi connectivity index (χ0) is 77.6. The summed E-state index contributed by atoms with van der Waals surface area (Å²) in [5, 5.41) is 12.0. The molecule has 0 fully saturated rings. The van der Waals surface area contributed by atoms with Gasteiger partial charge in [0.2, 0.25) is 0 Å². The van der Waals surface area contributed by atoms with Gasteiger partial charge in [0.25, 0.3) is 0 Å². The van der Waals surface area contributed by atoms with Gasteiger partial charge in [0.05, 0.1) is 0 Å². The van der Waals surface area contributed by atoms with Gasteiger partial charge in [-0.2, -0.15) is 0 Å². The van der Waals surface area contributed by atoms with Gasteiger partial charge < -0.3 is 25.7 Å². The van der Waals surface area contributed by atoms with Crippen LogP contribution in [0.3, 0.4) is 0 Å². The van der Waals surface area contributed by atoms with Gasteiger partial charge in [-0.15, -0.1) is 58.7 Å². The Morgan fingerprint density at radius 2 is 0.415 bits per heavy atom. The third kappa shape index (κ3) is 21.9. The van der Waals surface area contributed by atoms with Crippen molar-refractivity contribution in [3.05, 3.63) is 505 Å². The number of rotatable bonds is 12. The van der Waals surface area contributed by atoms with Crippen molar-refractivity contribution in [2.75, 3.05) is 11.8 Å². The Hall–Kier alpha value is -9.56. The molecule has 4 aliphatic rings. The first-order chi connectivity index (χ1) is 56.4. The van der Waals surface area contributed by atoms with Gasteiger partial charge in [-0.1, -0.05) is 307 Å². The summed E-state index contributed by atoms with van der Waals surface area (Å²) in [4.78, 5) is 0. The average Bonchev–Trinajstić information content (AvgIpc) is 1.64. The summed E-state index contributed by atoms with van der Waals surface area (Å²) >= 11 is 0. The zero-order valence-corrected chi connectivity index (χ0v) is 77.4. The molecule has 584 valence electrons. The second-order valence-corrected chi connectivity index (χ2v) is 39.7. The molecule has 0 saturated carbocycles. The molecule has 0 nitrogen and oxygen atoms in total. The summed E-state index contributed by atoms with van der Waals surface area (Å²) in [6, 6.07) is 147. The molecule has 0 unspecified atom stereocenters. The van der Waals surface area contributed by atoms with Crippen LogP contribution < -0.4 is 42.4 Å². The van der Waals surface area contributed by atoms with E-state index in [2.05, 4.69) is 394 Å². The van der Waals surface area contributed by atoms with Gasteiger partial charge in [0.1, 0.15) is 74.1 Å². The van der Waals surface area contributed by atoms with E-state index < -0.39 is 31.7 Å². The van der Waals surface area contributed by atoms with E-state index in [1.165, 1.54) is 143 Å². The van der Waals surface area contributed by atoms with Gasteiger partial charge in [-0.05, 0) is 184 Å². The van der Waals surface area contributed by atoms with Crippen LogP contribution in [0.25, 0.3) is 44.5 Å². The first-order valence-electron chi connectivity index (χ1n) is 38.8. The van der Waals surface area contributed by atoms with Crippen LogP contribution in [-0.4, -0.2) is 11.8 Å². The molecular formula is C110H84Au4P4+4. The molecule has 4 aliphatic carbocycles. The Balaban J connectivity index is 0.000000141. The molecule has 0 atom stereocenters. The van der Waals surface area contributed by atoms with Gasteiger partial charge in [0.15, 0.2) is 11.8 Å². The fourth-order valence-corrected chi connectivity index (χ4v) is 31.4. The maximum absolute atomic E-state index is 7.30. The molecule has 0 aromatic heterocycles. The van der Waals surface area contributed by atoms with Crippen molar-refractivity contribution in [3.63, 3.8) is 0 Å². The van der Waals surface area contributed by atoms with Crippen LogP contribution in [0.5, 0.6) is 0 Å². The molecule has 20 rings (SSSR count). The van der Waals surface area contributed by atoms with Crippen LogP contribution in [0.2, 0.25) is 0 Å². The Kier molecular flexibility index (Phi) is 34.0. The average molecular weight is 2320 g/mol. The maximum atomic E-state index is 7.30. The summed E-state index contributed by atoms with van der Waals surface area (Å²) < 4.78 is 0.